The first-order valence-electron chi connectivity index (χ1n) is 7.72. The molecule has 25 heavy (non-hydrogen) atoms. The second-order valence-electron chi connectivity index (χ2n) is 5.76. The third-order valence-corrected chi connectivity index (χ3v) is 3.94. The van der Waals surface area contributed by atoms with Crippen LogP contribution in [0.1, 0.15) is 17.2 Å². The second kappa shape index (κ2) is 6.94. The molecule has 1 N–H and O–H groups in total. The zero-order valence-electron chi connectivity index (χ0n) is 13.5. The molecule has 6 heteroatoms. The standard InChI is InChI=1S/C19H16F2N2O2/c1-12-10-15(21)6-7-16(12)18(24)11-23-19(25)9-8-17(22-23)13-2-4-14(20)5-3-13/h2-10,18,24H,11H2,1H3. The Kier molecular flexibility index (Phi) is 4.72. The van der Waals surface area contributed by atoms with Gasteiger partial charge in [-0.3, -0.25) is 4.79 Å². The van der Waals surface area contributed by atoms with Crippen molar-refractivity contribution in [1.82, 2.24) is 9.78 Å². The fourth-order valence-corrected chi connectivity index (χ4v) is 2.63. The minimum Gasteiger partial charge on any atom is -0.386 e. The van der Waals surface area contributed by atoms with Gasteiger partial charge in [0.2, 0.25) is 0 Å². The van der Waals surface area contributed by atoms with E-state index in [0.717, 1.165) is 4.68 Å². The summed E-state index contributed by atoms with van der Waals surface area (Å²) in [7, 11) is 0. The van der Waals surface area contributed by atoms with E-state index in [9.17, 15) is 18.7 Å². The first-order valence-corrected chi connectivity index (χ1v) is 7.72. The molecule has 0 spiro atoms. The van der Waals surface area contributed by atoms with Crippen molar-refractivity contribution < 1.29 is 13.9 Å². The highest BCUT2D eigenvalue weighted by Crippen LogP contribution is 2.20. The molecule has 0 saturated carbocycles. The summed E-state index contributed by atoms with van der Waals surface area (Å²) in [5.74, 6) is -0.749. The van der Waals surface area contributed by atoms with Crippen LogP contribution in [0.4, 0.5) is 8.78 Å². The van der Waals surface area contributed by atoms with E-state index in [4.69, 9.17) is 0 Å². The number of nitrogens with zero attached hydrogens (tertiary/aromatic N) is 2. The van der Waals surface area contributed by atoms with Crippen molar-refractivity contribution in [2.75, 3.05) is 0 Å². The number of aliphatic hydroxyl groups excluding tert-OH is 1. The molecular weight excluding hydrogens is 326 g/mol. The molecule has 0 aliphatic heterocycles. The van der Waals surface area contributed by atoms with Crippen LogP contribution in [0.2, 0.25) is 0 Å². The van der Waals surface area contributed by atoms with E-state index in [1.54, 1.807) is 25.1 Å². The monoisotopic (exact) mass is 342 g/mol. The maximum Gasteiger partial charge on any atom is 0.266 e. The third kappa shape index (κ3) is 3.80. The van der Waals surface area contributed by atoms with Crippen molar-refractivity contribution in [2.24, 2.45) is 0 Å². The Bertz CT molecular complexity index is 952. The first-order chi connectivity index (χ1) is 11.9. The van der Waals surface area contributed by atoms with Crippen LogP contribution in [-0.4, -0.2) is 14.9 Å². The quantitative estimate of drug-likeness (QED) is 0.792. The number of aromatic nitrogens is 2. The third-order valence-electron chi connectivity index (χ3n) is 3.94. The minimum atomic E-state index is -1.01. The largest absolute Gasteiger partial charge is 0.386 e. The average molecular weight is 342 g/mol. The van der Waals surface area contributed by atoms with E-state index in [1.165, 1.54) is 36.4 Å². The summed E-state index contributed by atoms with van der Waals surface area (Å²) in [6.07, 6.45) is -1.01. The summed E-state index contributed by atoms with van der Waals surface area (Å²) in [6, 6.07) is 12.7. The molecule has 1 aromatic heterocycles. The molecule has 0 fully saturated rings. The summed E-state index contributed by atoms with van der Waals surface area (Å²) < 4.78 is 27.4. The molecule has 3 rings (SSSR count). The maximum absolute atomic E-state index is 13.2. The highest BCUT2D eigenvalue weighted by molar-refractivity contribution is 5.57. The normalized spacial score (nSPS) is 12.2. The number of rotatable bonds is 4. The summed E-state index contributed by atoms with van der Waals surface area (Å²) >= 11 is 0. The van der Waals surface area contributed by atoms with Crippen molar-refractivity contribution in [3.05, 3.63) is 87.7 Å². The zero-order chi connectivity index (χ0) is 18.0. The lowest BCUT2D eigenvalue weighted by Gasteiger charge is -2.15. The van der Waals surface area contributed by atoms with Gasteiger partial charge in [-0.15, -0.1) is 0 Å². The molecule has 1 unspecified atom stereocenters. The van der Waals surface area contributed by atoms with Gasteiger partial charge in [-0.25, -0.2) is 13.5 Å². The fourth-order valence-electron chi connectivity index (χ4n) is 2.63. The molecule has 128 valence electrons. The molecule has 1 heterocycles. The molecule has 3 aromatic rings. The van der Waals surface area contributed by atoms with Gasteiger partial charge in [-0.2, -0.15) is 5.10 Å². The van der Waals surface area contributed by atoms with E-state index in [-0.39, 0.29) is 23.7 Å². The topological polar surface area (TPSA) is 55.1 Å². The van der Waals surface area contributed by atoms with Crippen molar-refractivity contribution in [2.45, 2.75) is 19.6 Å². The predicted molar refractivity (Wildman–Crippen MR) is 90.0 cm³/mol. The van der Waals surface area contributed by atoms with Crippen LogP contribution in [0.3, 0.4) is 0 Å². The van der Waals surface area contributed by atoms with Gasteiger partial charge in [0.25, 0.3) is 5.56 Å². The van der Waals surface area contributed by atoms with Crippen LogP contribution in [0.5, 0.6) is 0 Å². The second-order valence-corrected chi connectivity index (χ2v) is 5.76. The van der Waals surface area contributed by atoms with Crippen molar-refractivity contribution in [3.63, 3.8) is 0 Å². The Labute approximate surface area is 143 Å². The van der Waals surface area contributed by atoms with Gasteiger partial charge in [-0.1, -0.05) is 6.07 Å². The Balaban J connectivity index is 1.90. The molecule has 0 radical (unpaired) electrons. The molecule has 0 aliphatic rings. The van der Waals surface area contributed by atoms with Crippen LogP contribution in [0.15, 0.2) is 59.4 Å². The molecule has 0 aliphatic carbocycles. The van der Waals surface area contributed by atoms with Gasteiger partial charge >= 0.3 is 0 Å². The van der Waals surface area contributed by atoms with Crippen LogP contribution in [0, 0.1) is 18.6 Å². The molecule has 2 aromatic carbocycles. The average Bonchev–Trinajstić information content (AvgIpc) is 2.57. The molecular formula is C19H16F2N2O2. The number of hydrogen-bond acceptors (Lipinski definition) is 3. The molecule has 0 saturated heterocycles. The Morgan fingerprint density at radius 1 is 1.04 bits per heavy atom. The van der Waals surface area contributed by atoms with Crippen molar-refractivity contribution >= 4 is 0 Å². The number of aryl methyl sites for hydroxylation is 1. The Hall–Kier alpha value is -2.86. The summed E-state index contributed by atoms with van der Waals surface area (Å²) in [4.78, 5) is 12.0. The smallest absolute Gasteiger partial charge is 0.266 e. The van der Waals surface area contributed by atoms with E-state index < -0.39 is 6.10 Å². The van der Waals surface area contributed by atoms with Gasteiger partial charge in [0, 0.05) is 11.6 Å². The number of halogens is 2. The van der Waals surface area contributed by atoms with E-state index in [1.807, 2.05) is 0 Å². The molecule has 0 bridgehead atoms. The minimum absolute atomic E-state index is 0.0691. The van der Waals surface area contributed by atoms with Crippen LogP contribution < -0.4 is 5.56 Å². The van der Waals surface area contributed by atoms with Gasteiger partial charge < -0.3 is 5.11 Å². The fraction of sp³-hybridized carbons (Fsp3) is 0.158. The van der Waals surface area contributed by atoms with Gasteiger partial charge in [0.05, 0.1) is 18.3 Å². The number of benzene rings is 2. The van der Waals surface area contributed by atoms with Crippen LogP contribution in [0.25, 0.3) is 11.3 Å². The lowest BCUT2D eigenvalue weighted by atomic mass is 10.0. The number of aliphatic hydroxyl groups is 1. The lowest BCUT2D eigenvalue weighted by Crippen LogP contribution is -2.25. The highest BCUT2D eigenvalue weighted by Gasteiger charge is 2.14. The van der Waals surface area contributed by atoms with E-state index in [0.29, 0.717) is 22.4 Å². The van der Waals surface area contributed by atoms with Gasteiger partial charge in [0.1, 0.15) is 11.6 Å². The summed E-state index contributed by atoms with van der Waals surface area (Å²) in [6.45, 7) is 1.62. The lowest BCUT2D eigenvalue weighted by molar-refractivity contribution is 0.148. The van der Waals surface area contributed by atoms with Crippen LogP contribution in [-0.2, 0) is 6.54 Å². The van der Waals surface area contributed by atoms with Crippen LogP contribution >= 0.6 is 0 Å². The molecule has 0 amide bonds. The summed E-state index contributed by atoms with van der Waals surface area (Å²) in [5, 5.41) is 14.6. The maximum atomic E-state index is 13.2. The molecule has 4 nitrogen and oxygen atoms in total. The predicted octanol–water partition coefficient (Wildman–Crippen LogP) is 3.23. The van der Waals surface area contributed by atoms with Gasteiger partial charge in [0.15, 0.2) is 0 Å². The Morgan fingerprint density at radius 3 is 2.40 bits per heavy atom. The first kappa shape index (κ1) is 17.0. The van der Waals surface area contributed by atoms with Crippen molar-refractivity contribution in [3.8, 4) is 11.3 Å². The highest BCUT2D eigenvalue weighted by atomic mass is 19.1. The number of hydrogen-bond donors (Lipinski definition) is 1. The zero-order valence-corrected chi connectivity index (χ0v) is 13.5. The van der Waals surface area contributed by atoms with E-state index >= 15 is 0 Å². The van der Waals surface area contributed by atoms with Gasteiger partial charge in [-0.05, 0) is 60.5 Å². The Morgan fingerprint density at radius 2 is 1.72 bits per heavy atom. The summed E-state index contributed by atoms with van der Waals surface area (Å²) in [5.41, 5.74) is 1.90. The van der Waals surface area contributed by atoms with Crippen molar-refractivity contribution in [1.29, 1.82) is 0 Å². The molecule has 1 atom stereocenters. The van der Waals surface area contributed by atoms with E-state index in [2.05, 4.69) is 5.10 Å². The SMILES string of the molecule is Cc1cc(F)ccc1C(O)Cn1nc(-c2ccc(F)cc2)ccc1=O.